The van der Waals surface area contributed by atoms with E-state index in [0.717, 1.165) is 8.95 Å². The average Bonchev–Trinajstić information content (AvgIpc) is 2.54. The highest BCUT2D eigenvalue weighted by Gasteiger charge is 2.11. The Hall–Kier alpha value is -2.06. The van der Waals surface area contributed by atoms with Gasteiger partial charge in [-0.2, -0.15) is 0 Å². The summed E-state index contributed by atoms with van der Waals surface area (Å²) in [5, 5.41) is 5.36. The zero-order chi connectivity index (χ0) is 18.4. The van der Waals surface area contributed by atoms with E-state index in [1.807, 2.05) is 12.1 Å². The normalized spacial score (nSPS) is 10.1. The second kappa shape index (κ2) is 8.87. The quantitative estimate of drug-likeness (QED) is 0.662. The molecule has 2 N–H and O–H groups in total. The van der Waals surface area contributed by atoms with Crippen molar-refractivity contribution < 1.29 is 19.1 Å². The Bertz CT molecular complexity index is 796. The van der Waals surface area contributed by atoms with Crippen LogP contribution in [0.2, 0.25) is 0 Å². The molecule has 2 amide bonds. The summed E-state index contributed by atoms with van der Waals surface area (Å²) in [5.74, 6) is 0.476. The first-order valence-corrected chi connectivity index (χ1v) is 8.81. The second-order valence-electron chi connectivity index (χ2n) is 5.01. The minimum atomic E-state index is -0.354. The lowest BCUT2D eigenvalue weighted by Crippen LogP contribution is -2.20. The van der Waals surface area contributed by atoms with Gasteiger partial charge in [-0.05, 0) is 52.3 Å². The van der Waals surface area contributed by atoms with Gasteiger partial charge in [0.1, 0.15) is 11.5 Å². The van der Waals surface area contributed by atoms with Crippen LogP contribution in [0.15, 0.2) is 45.3 Å². The maximum absolute atomic E-state index is 12.2. The van der Waals surface area contributed by atoms with Crippen LogP contribution in [-0.4, -0.2) is 25.5 Å². The predicted octanol–water partition coefficient (Wildman–Crippen LogP) is 4.20. The Morgan fingerprint density at radius 2 is 1.76 bits per heavy atom. The zero-order valence-corrected chi connectivity index (χ0v) is 16.7. The molecule has 0 atom stereocenters. The molecule has 0 aliphatic heterocycles. The van der Waals surface area contributed by atoms with Crippen molar-refractivity contribution in [2.45, 2.75) is 6.92 Å². The number of rotatable bonds is 6. The molecule has 0 heterocycles. The van der Waals surface area contributed by atoms with E-state index in [2.05, 4.69) is 42.5 Å². The monoisotopic (exact) mass is 470 g/mol. The summed E-state index contributed by atoms with van der Waals surface area (Å²) < 4.78 is 12.4. The first kappa shape index (κ1) is 19.3. The van der Waals surface area contributed by atoms with Gasteiger partial charge >= 0.3 is 0 Å². The van der Waals surface area contributed by atoms with Crippen LogP contribution in [0.3, 0.4) is 0 Å². The van der Waals surface area contributed by atoms with Crippen LogP contribution < -0.4 is 20.1 Å². The number of benzene rings is 2. The molecule has 0 fully saturated rings. The molecule has 0 unspecified atom stereocenters. The Labute approximate surface area is 162 Å². The topological polar surface area (TPSA) is 76.7 Å². The average molecular weight is 472 g/mol. The van der Waals surface area contributed by atoms with Crippen LogP contribution in [-0.2, 0) is 9.59 Å². The molecule has 25 heavy (non-hydrogen) atoms. The van der Waals surface area contributed by atoms with E-state index in [-0.39, 0.29) is 18.4 Å². The highest BCUT2D eigenvalue weighted by molar-refractivity contribution is 9.11. The maximum atomic E-state index is 12.2. The van der Waals surface area contributed by atoms with Gasteiger partial charge in [0.25, 0.3) is 5.91 Å². The highest BCUT2D eigenvalue weighted by Crippen LogP contribution is 2.29. The zero-order valence-electron chi connectivity index (χ0n) is 13.6. The third kappa shape index (κ3) is 5.75. The van der Waals surface area contributed by atoms with Gasteiger partial charge in [-0.25, -0.2) is 0 Å². The Kier molecular flexibility index (Phi) is 6.83. The van der Waals surface area contributed by atoms with Gasteiger partial charge < -0.3 is 20.1 Å². The molecule has 2 aromatic rings. The second-order valence-corrected chi connectivity index (χ2v) is 6.78. The number of hydrogen-bond acceptors (Lipinski definition) is 4. The Balaban J connectivity index is 2.04. The van der Waals surface area contributed by atoms with Crippen molar-refractivity contribution >= 4 is 55.0 Å². The Morgan fingerprint density at radius 1 is 1.04 bits per heavy atom. The summed E-state index contributed by atoms with van der Waals surface area (Å²) in [4.78, 5) is 23.3. The number of anilines is 2. The molecule has 0 aliphatic rings. The number of methoxy groups -OCH3 is 1. The van der Waals surface area contributed by atoms with Crippen molar-refractivity contribution in [3.05, 3.63) is 45.3 Å². The Morgan fingerprint density at radius 3 is 2.40 bits per heavy atom. The van der Waals surface area contributed by atoms with Crippen molar-refractivity contribution in [2.75, 3.05) is 24.4 Å². The molecule has 2 aromatic carbocycles. The molecular formula is C17H16Br2N2O4. The van der Waals surface area contributed by atoms with E-state index in [4.69, 9.17) is 9.47 Å². The number of nitrogens with one attached hydrogen (secondary N) is 2. The maximum Gasteiger partial charge on any atom is 0.262 e. The lowest BCUT2D eigenvalue weighted by Gasteiger charge is -2.13. The van der Waals surface area contributed by atoms with Crippen molar-refractivity contribution in [1.82, 2.24) is 0 Å². The predicted molar refractivity (Wildman–Crippen MR) is 103 cm³/mol. The molecule has 0 aromatic heterocycles. The molecule has 2 rings (SSSR count). The third-order valence-electron chi connectivity index (χ3n) is 3.05. The summed E-state index contributed by atoms with van der Waals surface area (Å²) in [6.07, 6.45) is 0. The number of amides is 2. The van der Waals surface area contributed by atoms with E-state index in [9.17, 15) is 9.59 Å². The number of carbonyl (C=O) groups excluding carboxylic acids is 2. The minimum absolute atomic E-state index is 0.173. The molecule has 0 bridgehead atoms. The fourth-order valence-electron chi connectivity index (χ4n) is 2.01. The fraction of sp³-hybridized carbons (Fsp3) is 0.176. The van der Waals surface area contributed by atoms with Crippen LogP contribution in [0.5, 0.6) is 11.5 Å². The van der Waals surface area contributed by atoms with Gasteiger partial charge in [0.15, 0.2) is 6.61 Å². The van der Waals surface area contributed by atoms with E-state index in [1.54, 1.807) is 24.3 Å². The molecule has 0 spiro atoms. The minimum Gasteiger partial charge on any atom is -0.495 e. The first-order chi connectivity index (χ1) is 11.9. The van der Waals surface area contributed by atoms with Crippen molar-refractivity contribution in [2.24, 2.45) is 0 Å². The fourth-order valence-corrected chi connectivity index (χ4v) is 3.17. The van der Waals surface area contributed by atoms with Gasteiger partial charge in [-0.3, -0.25) is 9.59 Å². The first-order valence-electron chi connectivity index (χ1n) is 7.22. The van der Waals surface area contributed by atoms with E-state index >= 15 is 0 Å². The van der Waals surface area contributed by atoms with Crippen molar-refractivity contribution in [3.8, 4) is 11.5 Å². The molecule has 132 valence electrons. The van der Waals surface area contributed by atoms with Gasteiger partial charge in [0.2, 0.25) is 5.91 Å². The third-order valence-corrected chi connectivity index (χ3v) is 4.16. The SMILES string of the molecule is COc1ccc(NC(C)=O)cc1NC(=O)COc1ccc(Br)cc1Br. The highest BCUT2D eigenvalue weighted by atomic mass is 79.9. The van der Waals surface area contributed by atoms with Crippen molar-refractivity contribution in [1.29, 1.82) is 0 Å². The van der Waals surface area contributed by atoms with Gasteiger partial charge in [0, 0.05) is 17.1 Å². The van der Waals surface area contributed by atoms with Crippen LogP contribution >= 0.6 is 31.9 Å². The summed E-state index contributed by atoms with van der Waals surface area (Å²) in [7, 11) is 1.50. The van der Waals surface area contributed by atoms with Crippen LogP contribution in [0.4, 0.5) is 11.4 Å². The largest absolute Gasteiger partial charge is 0.495 e. The number of hydrogen-bond donors (Lipinski definition) is 2. The molecule has 0 saturated heterocycles. The molecular weight excluding hydrogens is 456 g/mol. The van der Waals surface area contributed by atoms with Gasteiger partial charge in [-0.1, -0.05) is 15.9 Å². The van der Waals surface area contributed by atoms with Gasteiger partial charge in [0.05, 0.1) is 17.3 Å². The van der Waals surface area contributed by atoms with E-state index < -0.39 is 0 Å². The summed E-state index contributed by atoms with van der Waals surface area (Å²) in [5.41, 5.74) is 0.998. The van der Waals surface area contributed by atoms with Gasteiger partial charge in [-0.15, -0.1) is 0 Å². The number of carbonyl (C=O) groups is 2. The van der Waals surface area contributed by atoms with E-state index in [0.29, 0.717) is 22.9 Å². The number of ether oxygens (including phenoxy) is 2. The molecule has 6 nitrogen and oxygen atoms in total. The van der Waals surface area contributed by atoms with Crippen molar-refractivity contribution in [3.63, 3.8) is 0 Å². The van der Waals surface area contributed by atoms with Crippen LogP contribution in [0.1, 0.15) is 6.92 Å². The molecule has 0 radical (unpaired) electrons. The standard InChI is InChI=1S/C17H16Br2N2O4/c1-10(22)20-12-4-6-16(24-2)14(8-12)21-17(23)9-25-15-5-3-11(18)7-13(15)19/h3-8H,9H2,1-2H3,(H,20,22)(H,21,23). The van der Waals surface area contributed by atoms with E-state index in [1.165, 1.54) is 14.0 Å². The molecule has 8 heteroatoms. The lowest BCUT2D eigenvalue weighted by molar-refractivity contribution is -0.118. The number of halogens is 2. The summed E-state index contributed by atoms with van der Waals surface area (Å²) in [6, 6.07) is 10.4. The summed E-state index contributed by atoms with van der Waals surface area (Å²) >= 11 is 6.72. The molecule has 0 aliphatic carbocycles. The van der Waals surface area contributed by atoms with Crippen LogP contribution in [0, 0.1) is 0 Å². The smallest absolute Gasteiger partial charge is 0.262 e. The van der Waals surface area contributed by atoms with Crippen LogP contribution in [0.25, 0.3) is 0 Å². The lowest BCUT2D eigenvalue weighted by atomic mass is 10.2. The molecule has 0 saturated carbocycles. The summed E-state index contributed by atoms with van der Waals surface area (Å²) in [6.45, 7) is 1.24.